The first-order chi connectivity index (χ1) is 7.24. The molecule has 1 aromatic rings. The second-order valence-electron chi connectivity index (χ2n) is 3.44. The van der Waals surface area contributed by atoms with Crippen molar-refractivity contribution in [2.45, 2.75) is 32.2 Å². The molecule has 0 aromatic carbocycles. The maximum Gasteiger partial charge on any atom is 0.338 e. The molecule has 15 heavy (non-hydrogen) atoms. The monoisotopic (exact) mass is 212 g/mol. The molecule has 5 heteroatoms. The molecule has 0 spiro atoms. The van der Waals surface area contributed by atoms with Crippen molar-refractivity contribution in [3.05, 3.63) is 18.0 Å². The van der Waals surface area contributed by atoms with Crippen molar-refractivity contribution in [2.24, 2.45) is 0 Å². The molecule has 1 rings (SSSR count). The lowest BCUT2D eigenvalue weighted by atomic mass is 10.2. The summed E-state index contributed by atoms with van der Waals surface area (Å²) in [5.41, 5.74) is 0.227. The number of hydrogen-bond donors (Lipinski definition) is 2. The Morgan fingerprint density at radius 1 is 1.33 bits per heavy atom. The molecule has 0 saturated heterocycles. The fourth-order valence-corrected chi connectivity index (χ4v) is 1.34. The van der Waals surface area contributed by atoms with Gasteiger partial charge in [0.05, 0.1) is 11.8 Å². The number of carboxylic acid groups (broad SMARTS) is 1. The molecular weight excluding hydrogens is 196 g/mol. The van der Waals surface area contributed by atoms with E-state index in [4.69, 9.17) is 10.2 Å². The van der Waals surface area contributed by atoms with E-state index in [1.165, 1.54) is 12.4 Å². The Balaban J connectivity index is 2.23. The van der Waals surface area contributed by atoms with Crippen molar-refractivity contribution in [2.75, 3.05) is 6.61 Å². The summed E-state index contributed by atoms with van der Waals surface area (Å²) < 4.78 is 1.64. The summed E-state index contributed by atoms with van der Waals surface area (Å²) in [5, 5.41) is 21.2. The van der Waals surface area contributed by atoms with Crippen LogP contribution >= 0.6 is 0 Å². The maximum absolute atomic E-state index is 10.5. The molecule has 0 atom stereocenters. The Bertz CT molecular complexity index is 309. The molecule has 5 nitrogen and oxygen atoms in total. The number of aryl methyl sites for hydroxylation is 1. The van der Waals surface area contributed by atoms with E-state index in [2.05, 4.69) is 5.10 Å². The lowest BCUT2D eigenvalue weighted by Crippen LogP contribution is -1.99. The first kappa shape index (κ1) is 11.7. The third-order valence-electron chi connectivity index (χ3n) is 2.18. The maximum atomic E-state index is 10.5. The summed E-state index contributed by atoms with van der Waals surface area (Å²) in [6, 6.07) is 0. The van der Waals surface area contributed by atoms with Crippen LogP contribution in [-0.4, -0.2) is 32.6 Å². The molecule has 1 heterocycles. The van der Waals surface area contributed by atoms with Crippen molar-refractivity contribution < 1.29 is 15.0 Å². The first-order valence-corrected chi connectivity index (χ1v) is 5.10. The fraction of sp³-hybridized carbons (Fsp3) is 0.600. The summed E-state index contributed by atoms with van der Waals surface area (Å²) in [4.78, 5) is 10.5. The molecule has 0 fully saturated rings. The highest BCUT2D eigenvalue weighted by molar-refractivity contribution is 5.86. The summed E-state index contributed by atoms with van der Waals surface area (Å²) in [7, 11) is 0. The van der Waals surface area contributed by atoms with Crippen LogP contribution in [0.15, 0.2) is 12.4 Å². The van der Waals surface area contributed by atoms with Gasteiger partial charge in [0.25, 0.3) is 0 Å². The van der Waals surface area contributed by atoms with Crippen molar-refractivity contribution in [3.63, 3.8) is 0 Å². The van der Waals surface area contributed by atoms with Crippen LogP contribution in [0.1, 0.15) is 36.0 Å². The summed E-state index contributed by atoms with van der Waals surface area (Å²) in [5.74, 6) is -0.943. The standard InChI is InChI=1S/C10H16N2O3/c13-6-4-2-1-3-5-12-8-9(7-11-12)10(14)15/h7-8,13H,1-6H2,(H,14,15). The minimum absolute atomic E-state index is 0.227. The molecule has 0 aliphatic heterocycles. The second-order valence-corrected chi connectivity index (χ2v) is 3.44. The lowest BCUT2D eigenvalue weighted by Gasteiger charge is -2.00. The van der Waals surface area contributed by atoms with Gasteiger partial charge >= 0.3 is 5.97 Å². The van der Waals surface area contributed by atoms with Crippen LogP contribution in [0.3, 0.4) is 0 Å². The van der Waals surface area contributed by atoms with Crippen LogP contribution in [0.4, 0.5) is 0 Å². The molecule has 0 aliphatic rings. The Morgan fingerprint density at radius 3 is 2.67 bits per heavy atom. The number of carboxylic acids is 1. The zero-order valence-corrected chi connectivity index (χ0v) is 8.59. The minimum atomic E-state index is -0.943. The molecule has 0 radical (unpaired) electrons. The Kier molecular flexibility index (Phi) is 4.83. The number of carbonyl (C=O) groups is 1. The summed E-state index contributed by atoms with van der Waals surface area (Å²) in [6.07, 6.45) is 6.72. The highest BCUT2D eigenvalue weighted by Crippen LogP contribution is 2.03. The number of aromatic nitrogens is 2. The third kappa shape index (κ3) is 4.12. The van der Waals surface area contributed by atoms with Crippen molar-refractivity contribution in [1.82, 2.24) is 9.78 Å². The van der Waals surface area contributed by atoms with Crippen molar-refractivity contribution in [3.8, 4) is 0 Å². The Morgan fingerprint density at radius 2 is 2.07 bits per heavy atom. The normalized spacial score (nSPS) is 10.5. The van der Waals surface area contributed by atoms with Gasteiger partial charge in [-0.3, -0.25) is 4.68 Å². The van der Waals surface area contributed by atoms with Crippen LogP contribution in [0.25, 0.3) is 0 Å². The number of hydrogen-bond acceptors (Lipinski definition) is 3. The van der Waals surface area contributed by atoms with Gasteiger partial charge in [-0.05, 0) is 12.8 Å². The van der Waals surface area contributed by atoms with Gasteiger partial charge in [0, 0.05) is 19.3 Å². The number of aliphatic hydroxyl groups excluding tert-OH is 1. The molecule has 1 aromatic heterocycles. The van der Waals surface area contributed by atoms with Crippen LogP contribution in [0, 0.1) is 0 Å². The van der Waals surface area contributed by atoms with Crippen molar-refractivity contribution in [1.29, 1.82) is 0 Å². The minimum Gasteiger partial charge on any atom is -0.478 e. The van der Waals surface area contributed by atoms with E-state index in [0.29, 0.717) is 0 Å². The average Bonchev–Trinajstić information content (AvgIpc) is 2.66. The largest absolute Gasteiger partial charge is 0.478 e. The van der Waals surface area contributed by atoms with E-state index in [9.17, 15) is 4.79 Å². The van der Waals surface area contributed by atoms with Gasteiger partial charge in [-0.15, -0.1) is 0 Å². The van der Waals surface area contributed by atoms with E-state index >= 15 is 0 Å². The summed E-state index contributed by atoms with van der Waals surface area (Å²) >= 11 is 0. The third-order valence-corrected chi connectivity index (χ3v) is 2.18. The van der Waals surface area contributed by atoms with Gasteiger partial charge in [0.1, 0.15) is 0 Å². The van der Waals surface area contributed by atoms with E-state index in [1.54, 1.807) is 4.68 Å². The topological polar surface area (TPSA) is 75.3 Å². The molecular formula is C10H16N2O3. The van der Waals surface area contributed by atoms with Crippen LogP contribution < -0.4 is 0 Å². The Labute approximate surface area is 88.3 Å². The molecule has 84 valence electrons. The second kappa shape index (κ2) is 6.19. The highest BCUT2D eigenvalue weighted by Gasteiger charge is 2.04. The van der Waals surface area contributed by atoms with Crippen LogP contribution in [-0.2, 0) is 6.54 Å². The van der Waals surface area contributed by atoms with Gasteiger partial charge in [0.15, 0.2) is 0 Å². The number of unbranched alkanes of at least 4 members (excludes halogenated alkanes) is 3. The molecule has 0 saturated carbocycles. The Hall–Kier alpha value is -1.36. The van der Waals surface area contributed by atoms with E-state index in [1.807, 2.05) is 0 Å². The molecule has 0 bridgehead atoms. The number of rotatable bonds is 7. The van der Waals surface area contributed by atoms with Gasteiger partial charge in [-0.2, -0.15) is 5.10 Å². The smallest absolute Gasteiger partial charge is 0.338 e. The van der Waals surface area contributed by atoms with Gasteiger partial charge in [-0.1, -0.05) is 12.8 Å². The van der Waals surface area contributed by atoms with E-state index in [0.717, 1.165) is 32.2 Å². The zero-order chi connectivity index (χ0) is 11.1. The van der Waals surface area contributed by atoms with Crippen LogP contribution in [0.5, 0.6) is 0 Å². The zero-order valence-electron chi connectivity index (χ0n) is 8.59. The predicted octanol–water partition coefficient (Wildman–Crippen LogP) is 1.13. The molecule has 0 aliphatic carbocycles. The fourth-order valence-electron chi connectivity index (χ4n) is 1.34. The first-order valence-electron chi connectivity index (χ1n) is 5.10. The predicted molar refractivity (Wildman–Crippen MR) is 54.7 cm³/mol. The van der Waals surface area contributed by atoms with E-state index in [-0.39, 0.29) is 12.2 Å². The number of aliphatic hydroxyl groups is 1. The molecule has 0 unspecified atom stereocenters. The highest BCUT2D eigenvalue weighted by atomic mass is 16.4. The van der Waals surface area contributed by atoms with Gasteiger partial charge in [-0.25, -0.2) is 4.79 Å². The number of aromatic carboxylic acids is 1. The van der Waals surface area contributed by atoms with Gasteiger partial charge in [0.2, 0.25) is 0 Å². The van der Waals surface area contributed by atoms with Crippen molar-refractivity contribution >= 4 is 5.97 Å². The van der Waals surface area contributed by atoms with Crippen LogP contribution in [0.2, 0.25) is 0 Å². The SMILES string of the molecule is O=C(O)c1cnn(CCCCCCO)c1. The average molecular weight is 212 g/mol. The van der Waals surface area contributed by atoms with Gasteiger partial charge < -0.3 is 10.2 Å². The lowest BCUT2D eigenvalue weighted by molar-refractivity contribution is 0.0696. The molecule has 0 amide bonds. The summed E-state index contributed by atoms with van der Waals surface area (Å²) in [6.45, 7) is 0.976. The molecule has 2 N–H and O–H groups in total. The quantitative estimate of drug-likeness (QED) is 0.664. The van der Waals surface area contributed by atoms with E-state index < -0.39 is 5.97 Å². The number of nitrogens with zero attached hydrogens (tertiary/aromatic N) is 2.